The van der Waals surface area contributed by atoms with Crippen molar-refractivity contribution in [3.8, 4) is 0 Å². The third-order valence-electron chi connectivity index (χ3n) is 3.36. The molecule has 98 valence electrons. The van der Waals surface area contributed by atoms with Gasteiger partial charge in [0.25, 0.3) is 0 Å². The van der Waals surface area contributed by atoms with Crippen LogP contribution in [0.5, 0.6) is 0 Å². The minimum Gasteiger partial charge on any atom is -0.480 e. The second kappa shape index (κ2) is 5.21. The molecular formula is C14H18O4. The minimum atomic E-state index is -1.85. The lowest BCUT2D eigenvalue weighted by molar-refractivity contribution is -0.157. The van der Waals surface area contributed by atoms with Crippen molar-refractivity contribution in [3.05, 3.63) is 34.9 Å². The van der Waals surface area contributed by atoms with E-state index in [1.54, 1.807) is 19.1 Å². The Morgan fingerprint density at radius 2 is 1.72 bits per heavy atom. The molecule has 0 unspecified atom stereocenters. The predicted molar refractivity (Wildman–Crippen MR) is 67.8 cm³/mol. The van der Waals surface area contributed by atoms with Gasteiger partial charge in [0.05, 0.1) is 0 Å². The summed E-state index contributed by atoms with van der Waals surface area (Å²) >= 11 is 0. The SMILES string of the molecule is CCc1cc(C)ccc1C(CC)(C(=O)O)C(=O)O. The molecule has 1 rings (SSSR count). The van der Waals surface area contributed by atoms with Crippen LogP contribution < -0.4 is 0 Å². The zero-order valence-corrected chi connectivity index (χ0v) is 10.9. The van der Waals surface area contributed by atoms with Crippen molar-refractivity contribution in [1.82, 2.24) is 0 Å². The van der Waals surface area contributed by atoms with E-state index in [-0.39, 0.29) is 6.42 Å². The lowest BCUT2D eigenvalue weighted by Gasteiger charge is -2.26. The van der Waals surface area contributed by atoms with Gasteiger partial charge in [0.1, 0.15) is 0 Å². The van der Waals surface area contributed by atoms with Gasteiger partial charge in [-0.1, -0.05) is 37.6 Å². The number of benzene rings is 1. The van der Waals surface area contributed by atoms with Crippen LogP contribution in [0, 0.1) is 6.92 Å². The Kier molecular flexibility index (Phi) is 4.11. The lowest BCUT2D eigenvalue weighted by Crippen LogP contribution is -2.44. The van der Waals surface area contributed by atoms with E-state index in [4.69, 9.17) is 0 Å². The fourth-order valence-corrected chi connectivity index (χ4v) is 2.25. The van der Waals surface area contributed by atoms with Crippen LogP contribution in [-0.2, 0) is 21.4 Å². The Morgan fingerprint density at radius 1 is 1.17 bits per heavy atom. The standard InChI is InChI=1S/C14H18O4/c1-4-10-8-9(3)6-7-11(10)14(5-2,12(15)16)13(17)18/h6-8H,4-5H2,1-3H3,(H,15,16)(H,17,18). The summed E-state index contributed by atoms with van der Waals surface area (Å²) in [6, 6.07) is 5.23. The first-order valence-corrected chi connectivity index (χ1v) is 5.96. The zero-order valence-electron chi connectivity index (χ0n) is 10.9. The summed E-state index contributed by atoms with van der Waals surface area (Å²) in [5.41, 5.74) is 0.315. The smallest absolute Gasteiger partial charge is 0.325 e. The molecule has 0 aliphatic carbocycles. The molecule has 18 heavy (non-hydrogen) atoms. The third kappa shape index (κ3) is 2.10. The average molecular weight is 250 g/mol. The van der Waals surface area contributed by atoms with E-state index < -0.39 is 17.4 Å². The topological polar surface area (TPSA) is 74.6 Å². The summed E-state index contributed by atoms with van der Waals surface area (Å²) in [4.78, 5) is 22.9. The first kappa shape index (κ1) is 14.2. The van der Waals surface area contributed by atoms with Crippen LogP contribution in [0.1, 0.15) is 37.0 Å². The highest BCUT2D eigenvalue weighted by atomic mass is 16.4. The van der Waals surface area contributed by atoms with Crippen LogP contribution in [0.25, 0.3) is 0 Å². The molecule has 0 atom stereocenters. The Bertz CT molecular complexity index is 463. The van der Waals surface area contributed by atoms with Gasteiger partial charge in [0.15, 0.2) is 5.41 Å². The van der Waals surface area contributed by atoms with Gasteiger partial charge in [-0.2, -0.15) is 0 Å². The number of aliphatic carboxylic acids is 2. The highest BCUT2D eigenvalue weighted by molar-refractivity contribution is 6.05. The fraction of sp³-hybridized carbons (Fsp3) is 0.429. The van der Waals surface area contributed by atoms with Crippen molar-refractivity contribution in [2.75, 3.05) is 0 Å². The monoisotopic (exact) mass is 250 g/mol. The van der Waals surface area contributed by atoms with E-state index in [0.29, 0.717) is 12.0 Å². The Balaban J connectivity index is 3.57. The summed E-state index contributed by atoms with van der Waals surface area (Å²) in [5, 5.41) is 18.7. The first-order chi connectivity index (χ1) is 8.40. The molecule has 0 saturated carbocycles. The Labute approximate surface area is 106 Å². The van der Waals surface area contributed by atoms with Crippen LogP contribution >= 0.6 is 0 Å². The van der Waals surface area contributed by atoms with Gasteiger partial charge in [-0.15, -0.1) is 0 Å². The second-order valence-electron chi connectivity index (χ2n) is 4.38. The van der Waals surface area contributed by atoms with Crippen molar-refractivity contribution in [3.63, 3.8) is 0 Å². The quantitative estimate of drug-likeness (QED) is 0.787. The molecule has 0 heterocycles. The highest BCUT2D eigenvalue weighted by Gasteiger charge is 2.47. The number of rotatable bonds is 5. The van der Waals surface area contributed by atoms with Crippen molar-refractivity contribution < 1.29 is 19.8 Å². The summed E-state index contributed by atoms with van der Waals surface area (Å²) in [6.45, 7) is 5.38. The number of aryl methyl sites for hydroxylation is 2. The molecule has 0 aromatic heterocycles. The molecule has 1 aromatic carbocycles. The van der Waals surface area contributed by atoms with E-state index in [0.717, 1.165) is 11.1 Å². The number of hydrogen-bond donors (Lipinski definition) is 2. The molecule has 0 saturated heterocycles. The van der Waals surface area contributed by atoms with Crippen LogP contribution in [0.15, 0.2) is 18.2 Å². The average Bonchev–Trinajstić information content (AvgIpc) is 2.31. The Morgan fingerprint density at radius 3 is 2.11 bits per heavy atom. The molecule has 0 fully saturated rings. The van der Waals surface area contributed by atoms with Crippen LogP contribution in [0.3, 0.4) is 0 Å². The van der Waals surface area contributed by atoms with Crippen LogP contribution in [0.4, 0.5) is 0 Å². The van der Waals surface area contributed by atoms with Gasteiger partial charge in [-0.25, -0.2) is 0 Å². The van der Waals surface area contributed by atoms with Crippen LogP contribution in [-0.4, -0.2) is 22.2 Å². The summed E-state index contributed by atoms with van der Waals surface area (Å²) in [6.07, 6.45) is 0.632. The molecule has 0 amide bonds. The molecule has 0 aliphatic heterocycles. The molecule has 0 bridgehead atoms. The van der Waals surface area contributed by atoms with E-state index in [1.165, 1.54) is 0 Å². The van der Waals surface area contributed by atoms with Gasteiger partial charge in [-0.05, 0) is 30.9 Å². The fourth-order valence-electron chi connectivity index (χ4n) is 2.25. The molecule has 4 heteroatoms. The molecular weight excluding hydrogens is 232 g/mol. The maximum absolute atomic E-state index is 11.5. The third-order valence-corrected chi connectivity index (χ3v) is 3.36. The first-order valence-electron chi connectivity index (χ1n) is 5.96. The van der Waals surface area contributed by atoms with Crippen molar-refractivity contribution in [1.29, 1.82) is 0 Å². The number of hydrogen-bond acceptors (Lipinski definition) is 2. The molecule has 0 aliphatic rings. The number of carboxylic acid groups (broad SMARTS) is 2. The maximum Gasteiger partial charge on any atom is 0.325 e. The van der Waals surface area contributed by atoms with Crippen molar-refractivity contribution >= 4 is 11.9 Å². The summed E-state index contributed by atoms with van der Waals surface area (Å²) < 4.78 is 0. The van der Waals surface area contributed by atoms with Gasteiger partial charge in [-0.3, -0.25) is 9.59 Å². The number of carboxylic acids is 2. The molecule has 2 N–H and O–H groups in total. The molecule has 4 nitrogen and oxygen atoms in total. The van der Waals surface area contributed by atoms with Crippen molar-refractivity contribution in [2.24, 2.45) is 0 Å². The normalized spacial score (nSPS) is 11.3. The van der Waals surface area contributed by atoms with E-state index in [9.17, 15) is 19.8 Å². The van der Waals surface area contributed by atoms with Gasteiger partial charge in [0.2, 0.25) is 0 Å². The van der Waals surface area contributed by atoms with E-state index in [2.05, 4.69) is 0 Å². The van der Waals surface area contributed by atoms with Crippen molar-refractivity contribution in [2.45, 2.75) is 39.0 Å². The van der Waals surface area contributed by atoms with Crippen LogP contribution in [0.2, 0.25) is 0 Å². The van der Waals surface area contributed by atoms with Gasteiger partial charge in [0, 0.05) is 0 Å². The Hall–Kier alpha value is -1.84. The molecule has 1 aromatic rings. The van der Waals surface area contributed by atoms with E-state index >= 15 is 0 Å². The zero-order chi connectivity index (χ0) is 13.9. The van der Waals surface area contributed by atoms with Gasteiger partial charge < -0.3 is 10.2 Å². The summed E-state index contributed by atoms with van der Waals surface area (Å²) in [5.74, 6) is -2.62. The van der Waals surface area contributed by atoms with Gasteiger partial charge >= 0.3 is 11.9 Å². The summed E-state index contributed by atoms with van der Waals surface area (Å²) in [7, 11) is 0. The lowest BCUT2D eigenvalue weighted by atomic mass is 9.75. The maximum atomic E-state index is 11.5. The predicted octanol–water partition coefficient (Wildman–Crippen LogP) is 2.37. The largest absolute Gasteiger partial charge is 0.480 e. The number of carbonyl (C=O) groups is 2. The minimum absolute atomic E-state index is 0.0216. The highest BCUT2D eigenvalue weighted by Crippen LogP contribution is 2.32. The molecule has 0 radical (unpaired) electrons. The second-order valence-corrected chi connectivity index (χ2v) is 4.38. The van der Waals surface area contributed by atoms with E-state index in [1.807, 2.05) is 19.9 Å². The molecule has 0 spiro atoms.